The lowest BCUT2D eigenvalue weighted by molar-refractivity contribution is 0.369. The molecule has 0 spiro atoms. The average Bonchev–Trinajstić information content (AvgIpc) is 2.60. The van der Waals surface area contributed by atoms with Crippen LogP contribution in [0.5, 0.6) is 0 Å². The minimum absolute atomic E-state index is 0.195. The minimum Gasteiger partial charge on any atom is -0.351 e. The molecule has 0 aliphatic carbocycles. The van der Waals surface area contributed by atoms with Gasteiger partial charge in [-0.2, -0.15) is 0 Å². The van der Waals surface area contributed by atoms with E-state index in [1.165, 1.54) is 13.1 Å². The van der Waals surface area contributed by atoms with E-state index in [4.69, 9.17) is 5.48 Å². The van der Waals surface area contributed by atoms with Gasteiger partial charge in [-0.25, -0.2) is 0 Å². The minimum atomic E-state index is -1.76. The molecule has 0 atom stereocenters. The number of hydrogen-bond donors (Lipinski definition) is 0. The lowest BCUT2D eigenvalue weighted by Gasteiger charge is -2.22. The van der Waals surface area contributed by atoms with E-state index >= 15 is 0 Å². The van der Waals surface area contributed by atoms with Crippen LogP contribution in [-0.4, -0.2) is 29.5 Å². The molecule has 0 N–H and O–H groups in total. The molecule has 0 amide bonds. The third-order valence-corrected chi connectivity index (χ3v) is 2.21. The lowest BCUT2D eigenvalue weighted by atomic mass is 10.1. The summed E-state index contributed by atoms with van der Waals surface area (Å²) in [5, 5.41) is 0. The average molecular weight is 180 g/mol. The monoisotopic (exact) mass is 180 g/mol. The molecule has 2 rings (SSSR count). The van der Waals surface area contributed by atoms with Crippen molar-refractivity contribution >= 4 is 5.57 Å². The lowest BCUT2D eigenvalue weighted by Crippen LogP contribution is -2.24. The van der Waals surface area contributed by atoms with E-state index in [2.05, 4.69) is 0 Å². The van der Waals surface area contributed by atoms with Crippen LogP contribution >= 0.6 is 0 Å². The Morgan fingerprint density at radius 1 is 1.46 bits per heavy atom. The van der Waals surface area contributed by atoms with Crippen molar-refractivity contribution < 1.29 is 5.48 Å². The van der Waals surface area contributed by atoms with E-state index in [1.54, 1.807) is 0 Å². The van der Waals surface area contributed by atoms with Gasteiger partial charge in [0.1, 0.15) is 0 Å². The summed E-state index contributed by atoms with van der Waals surface area (Å²) in [4.78, 5) is 1.13. The van der Waals surface area contributed by atoms with Crippen LogP contribution in [0.25, 0.3) is 5.57 Å². The van der Waals surface area contributed by atoms with Gasteiger partial charge in [0.25, 0.3) is 0 Å². The number of likely N-dealkylation sites (N-methyl/N-ethyl adjacent to an activating group) is 1. The van der Waals surface area contributed by atoms with Crippen molar-refractivity contribution in [2.24, 2.45) is 7.05 Å². The number of aryl methyl sites for hydroxylation is 1. The van der Waals surface area contributed by atoms with Gasteiger partial charge in [0, 0.05) is 37.4 Å². The molecule has 0 saturated carbocycles. The van der Waals surface area contributed by atoms with Crippen molar-refractivity contribution in [3.8, 4) is 0 Å². The molecule has 70 valence electrons. The van der Waals surface area contributed by atoms with Gasteiger partial charge in [-0.1, -0.05) is 6.08 Å². The van der Waals surface area contributed by atoms with E-state index in [1.807, 2.05) is 29.9 Å². The Balaban J connectivity index is 2.47. The fourth-order valence-corrected chi connectivity index (χ4v) is 1.43. The fraction of sp³-hybridized carbons (Fsp3) is 0.455. The van der Waals surface area contributed by atoms with Gasteiger partial charge in [0.15, 0.2) is 0 Å². The van der Waals surface area contributed by atoms with Crippen LogP contribution in [0, 0.1) is 0 Å². The second-order valence-corrected chi connectivity index (χ2v) is 3.20. The van der Waals surface area contributed by atoms with Gasteiger partial charge in [-0.3, -0.25) is 0 Å². The molecule has 1 aromatic rings. The summed E-state index contributed by atoms with van der Waals surface area (Å²) in [6.45, 7) is -3.43. The summed E-state index contributed by atoms with van der Waals surface area (Å²) in [5.74, 6) is 0. The van der Waals surface area contributed by atoms with Crippen LogP contribution in [0.15, 0.2) is 24.4 Å². The van der Waals surface area contributed by atoms with Crippen LogP contribution in [0.3, 0.4) is 0 Å². The highest BCUT2D eigenvalue weighted by Crippen LogP contribution is 2.21. The Labute approximate surface area is 85.1 Å². The molecule has 0 unspecified atom stereocenters. The molecule has 2 nitrogen and oxygen atoms in total. The molecule has 1 aliphatic rings. The Kier molecular flexibility index (Phi) is 1.30. The van der Waals surface area contributed by atoms with Crippen molar-refractivity contribution in [3.63, 3.8) is 0 Å². The maximum absolute atomic E-state index is 7.89. The van der Waals surface area contributed by atoms with E-state index in [0.29, 0.717) is 5.57 Å². The SMILES string of the molecule is [2H]C1([2H])C=C(c2cccn2C)CC([2H])([2H])N1C. The maximum Gasteiger partial charge on any atom is 0.0475 e. The third-order valence-electron chi connectivity index (χ3n) is 2.21. The van der Waals surface area contributed by atoms with E-state index in [-0.39, 0.29) is 6.42 Å². The Morgan fingerprint density at radius 2 is 2.31 bits per heavy atom. The van der Waals surface area contributed by atoms with Gasteiger partial charge in [0.2, 0.25) is 0 Å². The van der Waals surface area contributed by atoms with Crippen molar-refractivity contribution in [3.05, 3.63) is 30.1 Å². The first kappa shape index (κ1) is 5.01. The van der Waals surface area contributed by atoms with Crippen molar-refractivity contribution in [2.45, 2.75) is 6.42 Å². The smallest absolute Gasteiger partial charge is 0.0475 e. The molecule has 1 aromatic heterocycles. The number of hydrogen-bond acceptors (Lipinski definition) is 1. The third kappa shape index (κ3) is 1.68. The number of rotatable bonds is 1. The van der Waals surface area contributed by atoms with Crippen molar-refractivity contribution in [2.75, 3.05) is 20.0 Å². The molecule has 0 aromatic carbocycles. The van der Waals surface area contributed by atoms with Crippen molar-refractivity contribution in [1.29, 1.82) is 0 Å². The first-order valence-electron chi connectivity index (χ1n) is 6.31. The molecule has 0 bridgehead atoms. The molecule has 13 heavy (non-hydrogen) atoms. The largest absolute Gasteiger partial charge is 0.351 e. The zero-order valence-corrected chi connectivity index (χ0v) is 7.91. The predicted molar refractivity (Wildman–Crippen MR) is 55.5 cm³/mol. The van der Waals surface area contributed by atoms with E-state index in [0.717, 1.165) is 10.6 Å². The first-order chi connectivity index (χ1) is 7.74. The van der Waals surface area contributed by atoms with Gasteiger partial charge in [-0.15, -0.1) is 0 Å². The molecule has 2 heterocycles. The summed E-state index contributed by atoms with van der Waals surface area (Å²) in [5.41, 5.74) is 1.58. The zero-order valence-electron chi connectivity index (χ0n) is 11.9. The Bertz CT molecular complexity index is 462. The summed E-state index contributed by atoms with van der Waals surface area (Å²) in [6, 6.07) is 3.75. The first-order valence-corrected chi connectivity index (χ1v) is 4.31. The highest BCUT2D eigenvalue weighted by Gasteiger charge is 2.10. The van der Waals surface area contributed by atoms with Crippen LogP contribution < -0.4 is 0 Å². The van der Waals surface area contributed by atoms with E-state index in [9.17, 15) is 0 Å². The summed E-state index contributed by atoms with van der Waals surface area (Å²) >= 11 is 0. The van der Waals surface area contributed by atoms with Crippen LogP contribution in [0.2, 0.25) is 0 Å². The Morgan fingerprint density at radius 3 is 2.92 bits per heavy atom. The molecular weight excluding hydrogens is 160 g/mol. The molecular formula is C11H16N2. The molecule has 2 heteroatoms. The number of nitrogens with zero attached hydrogens (tertiary/aromatic N) is 2. The van der Waals surface area contributed by atoms with Crippen LogP contribution in [0.4, 0.5) is 0 Å². The van der Waals surface area contributed by atoms with Gasteiger partial charge >= 0.3 is 0 Å². The molecule has 0 fully saturated rings. The molecule has 0 saturated heterocycles. The standard InChI is InChI=1S/C11H16N2/c1-12-8-5-10(6-9-12)11-4-3-7-13(11)2/h3-5,7H,6,8-9H2,1-2H3/i8D2,9D2. The Hall–Kier alpha value is -1.02. The maximum atomic E-state index is 7.89. The van der Waals surface area contributed by atoms with E-state index < -0.39 is 13.0 Å². The molecule has 1 aliphatic heterocycles. The number of aromatic nitrogens is 1. The normalized spacial score (nSPS) is 31.1. The second kappa shape index (κ2) is 3.38. The fourth-order valence-electron chi connectivity index (χ4n) is 1.43. The van der Waals surface area contributed by atoms with Crippen LogP contribution in [0.1, 0.15) is 17.6 Å². The van der Waals surface area contributed by atoms with Crippen LogP contribution in [-0.2, 0) is 7.05 Å². The van der Waals surface area contributed by atoms with Crippen molar-refractivity contribution in [1.82, 2.24) is 9.47 Å². The molecule has 0 radical (unpaired) electrons. The van der Waals surface area contributed by atoms with Gasteiger partial charge < -0.3 is 9.47 Å². The summed E-state index contributed by atoms with van der Waals surface area (Å²) < 4.78 is 33.4. The predicted octanol–water partition coefficient (Wildman–Crippen LogP) is 1.74. The van der Waals surface area contributed by atoms with Gasteiger partial charge in [-0.05, 0) is 31.2 Å². The zero-order chi connectivity index (χ0) is 12.8. The summed E-state index contributed by atoms with van der Waals surface area (Å²) in [7, 11) is 3.35. The highest BCUT2D eigenvalue weighted by molar-refractivity contribution is 5.64. The topological polar surface area (TPSA) is 8.17 Å². The quantitative estimate of drug-likeness (QED) is 0.639. The second-order valence-electron chi connectivity index (χ2n) is 3.20. The highest BCUT2D eigenvalue weighted by atomic mass is 15.1. The summed E-state index contributed by atoms with van der Waals surface area (Å²) in [6.07, 6.45) is 3.57. The van der Waals surface area contributed by atoms with Gasteiger partial charge in [0.05, 0.1) is 0 Å².